The van der Waals surface area contributed by atoms with Crippen molar-refractivity contribution in [3.05, 3.63) is 70.4 Å². The monoisotopic (exact) mass is 263 g/mol. The molecular formula is C18H17NO. The highest BCUT2D eigenvalue weighted by Gasteiger charge is 2.16. The number of H-pyrrole nitrogens is 1. The fourth-order valence-corrected chi connectivity index (χ4v) is 2.64. The number of hydrogen-bond donors (Lipinski definition) is 1. The number of fused-ring (bicyclic) bond motifs is 1. The van der Waals surface area contributed by atoms with Gasteiger partial charge in [0.05, 0.1) is 0 Å². The van der Waals surface area contributed by atoms with Gasteiger partial charge >= 0.3 is 0 Å². The molecule has 0 atom stereocenters. The Kier molecular flexibility index (Phi) is 2.94. The molecule has 1 heterocycles. The second kappa shape index (κ2) is 4.64. The fourth-order valence-electron chi connectivity index (χ4n) is 2.64. The third kappa shape index (κ3) is 2.03. The number of aryl methyl sites for hydroxylation is 3. The molecule has 0 radical (unpaired) electrons. The maximum absolute atomic E-state index is 12.7. The fraction of sp³-hybridized carbons (Fsp3) is 0.167. The van der Waals surface area contributed by atoms with E-state index in [1.807, 2.05) is 57.3 Å². The maximum Gasteiger partial charge on any atom is 0.195 e. The molecule has 0 aliphatic carbocycles. The van der Waals surface area contributed by atoms with Crippen molar-refractivity contribution in [1.29, 1.82) is 0 Å². The topological polar surface area (TPSA) is 32.9 Å². The van der Waals surface area contributed by atoms with E-state index < -0.39 is 0 Å². The second-order valence-electron chi connectivity index (χ2n) is 5.40. The summed E-state index contributed by atoms with van der Waals surface area (Å²) < 4.78 is 0. The van der Waals surface area contributed by atoms with Crippen LogP contribution in [0.25, 0.3) is 10.9 Å². The van der Waals surface area contributed by atoms with Crippen LogP contribution in [-0.2, 0) is 0 Å². The average molecular weight is 263 g/mol. The summed E-state index contributed by atoms with van der Waals surface area (Å²) in [5.41, 5.74) is 5.88. The van der Waals surface area contributed by atoms with Crippen molar-refractivity contribution in [2.24, 2.45) is 0 Å². The maximum atomic E-state index is 12.7. The minimum atomic E-state index is 0.0827. The summed E-state index contributed by atoms with van der Waals surface area (Å²) in [6.07, 6.45) is 1.81. The lowest BCUT2D eigenvalue weighted by atomic mass is 9.97. The first kappa shape index (κ1) is 12.7. The third-order valence-corrected chi connectivity index (χ3v) is 3.71. The highest BCUT2D eigenvalue weighted by atomic mass is 16.1. The van der Waals surface area contributed by atoms with E-state index >= 15 is 0 Å². The molecule has 100 valence electrons. The minimum absolute atomic E-state index is 0.0827. The Labute approximate surface area is 118 Å². The molecule has 0 aliphatic heterocycles. The van der Waals surface area contributed by atoms with Crippen molar-refractivity contribution >= 4 is 16.7 Å². The highest BCUT2D eigenvalue weighted by Crippen LogP contribution is 2.24. The molecule has 0 bridgehead atoms. The summed E-state index contributed by atoms with van der Waals surface area (Å²) in [7, 11) is 0. The molecule has 0 saturated heterocycles. The van der Waals surface area contributed by atoms with Crippen molar-refractivity contribution in [1.82, 2.24) is 4.98 Å². The molecule has 2 aromatic carbocycles. The van der Waals surface area contributed by atoms with Crippen LogP contribution in [0.4, 0.5) is 0 Å². The summed E-state index contributed by atoms with van der Waals surface area (Å²) in [5, 5.41) is 0.995. The molecule has 20 heavy (non-hydrogen) atoms. The SMILES string of the molecule is Cc1ccc(C(=O)c2c[nH]c3ccc(C)cc23)c(C)c1. The summed E-state index contributed by atoms with van der Waals surface area (Å²) >= 11 is 0. The van der Waals surface area contributed by atoms with Gasteiger partial charge in [0.2, 0.25) is 0 Å². The van der Waals surface area contributed by atoms with Gasteiger partial charge in [0, 0.05) is 28.2 Å². The number of benzene rings is 2. The smallest absolute Gasteiger partial charge is 0.195 e. The molecule has 0 aliphatic rings. The van der Waals surface area contributed by atoms with Crippen LogP contribution in [0.2, 0.25) is 0 Å². The molecule has 0 saturated carbocycles. The first-order chi connectivity index (χ1) is 9.56. The van der Waals surface area contributed by atoms with Crippen molar-refractivity contribution in [2.45, 2.75) is 20.8 Å². The zero-order chi connectivity index (χ0) is 14.3. The standard InChI is InChI=1S/C18H17NO/c1-11-4-6-14(13(3)8-11)18(20)16-10-19-17-7-5-12(2)9-15(16)17/h4-10,19H,1-3H3. The van der Waals surface area contributed by atoms with Gasteiger partial charge in [0.15, 0.2) is 5.78 Å². The molecule has 3 rings (SSSR count). The number of hydrogen-bond acceptors (Lipinski definition) is 1. The number of nitrogens with one attached hydrogen (secondary N) is 1. The van der Waals surface area contributed by atoms with Crippen LogP contribution in [-0.4, -0.2) is 10.8 Å². The number of ketones is 1. The molecule has 0 spiro atoms. The first-order valence-electron chi connectivity index (χ1n) is 6.76. The van der Waals surface area contributed by atoms with E-state index in [1.165, 1.54) is 5.56 Å². The zero-order valence-electron chi connectivity index (χ0n) is 11.9. The predicted molar refractivity (Wildman–Crippen MR) is 82.4 cm³/mol. The van der Waals surface area contributed by atoms with Gasteiger partial charge in [-0.05, 0) is 38.5 Å². The average Bonchev–Trinajstić information content (AvgIpc) is 2.81. The Balaban J connectivity index is 2.15. The van der Waals surface area contributed by atoms with Crippen molar-refractivity contribution in [3.8, 4) is 0 Å². The lowest BCUT2D eigenvalue weighted by Crippen LogP contribution is -2.03. The third-order valence-electron chi connectivity index (χ3n) is 3.71. The first-order valence-corrected chi connectivity index (χ1v) is 6.76. The molecule has 2 heteroatoms. The van der Waals surface area contributed by atoms with Gasteiger partial charge in [-0.2, -0.15) is 0 Å². The van der Waals surface area contributed by atoms with Crippen molar-refractivity contribution in [3.63, 3.8) is 0 Å². The van der Waals surface area contributed by atoms with Crippen molar-refractivity contribution < 1.29 is 4.79 Å². The summed E-state index contributed by atoms with van der Waals surface area (Å²) in [4.78, 5) is 15.9. The van der Waals surface area contributed by atoms with E-state index in [-0.39, 0.29) is 5.78 Å². The molecule has 3 aromatic rings. The van der Waals surface area contributed by atoms with E-state index in [9.17, 15) is 4.79 Å². The summed E-state index contributed by atoms with van der Waals surface area (Å²) in [6.45, 7) is 6.06. The number of carbonyl (C=O) groups is 1. The molecular weight excluding hydrogens is 246 g/mol. The Morgan fingerprint density at radius 2 is 1.60 bits per heavy atom. The lowest BCUT2D eigenvalue weighted by Gasteiger charge is -2.05. The van der Waals surface area contributed by atoms with Gasteiger partial charge < -0.3 is 4.98 Å². The summed E-state index contributed by atoms with van der Waals surface area (Å²) in [5.74, 6) is 0.0827. The van der Waals surface area contributed by atoms with E-state index in [0.717, 1.165) is 33.2 Å². The number of rotatable bonds is 2. The van der Waals surface area contributed by atoms with E-state index in [0.29, 0.717) is 0 Å². The molecule has 0 amide bonds. The number of aromatic nitrogens is 1. The van der Waals surface area contributed by atoms with Crippen LogP contribution in [0.3, 0.4) is 0 Å². The van der Waals surface area contributed by atoms with Crippen LogP contribution < -0.4 is 0 Å². The van der Waals surface area contributed by atoms with E-state index in [1.54, 1.807) is 0 Å². The Hall–Kier alpha value is -2.35. The molecule has 0 fully saturated rings. The Morgan fingerprint density at radius 3 is 2.35 bits per heavy atom. The molecule has 1 N–H and O–H groups in total. The molecule has 0 unspecified atom stereocenters. The lowest BCUT2D eigenvalue weighted by molar-refractivity contribution is 0.104. The second-order valence-corrected chi connectivity index (χ2v) is 5.40. The quantitative estimate of drug-likeness (QED) is 0.686. The van der Waals surface area contributed by atoms with Crippen LogP contribution >= 0.6 is 0 Å². The molecule has 2 nitrogen and oxygen atoms in total. The number of carbonyl (C=O) groups excluding carboxylic acids is 1. The minimum Gasteiger partial charge on any atom is -0.360 e. The van der Waals surface area contributed by atoms with Crippen LogP contribution in [0, 0.1) is 20.8 Å². The van der Waals surface area contributed by atoms with Crippen LogP contribution in [0.1, 0.15) is 32.6 Å². The van der Waals surface area contributed by atoms with E-state index in [4.69, 9.17) is 0 Å². The Bertz CT molecular complexity index is 811. The van der Waals surface area contributed by atoms with Gasteiger partial charge in [0.25, 0.3) is 0 Å². The number of aromatic amines is 1. The zero-order valence-corrected chi connectivity index (χ0v) is 11.9. The van der Waals surface area contributed by atoms with Gasteiger partial charge in [-0.1, -0.05) is 35.4 Å². The van der Waals surface area contributed by atoms with Gasteiger partial charge in [-0.3, -0.25) is 4.79 Å². The van der Waals surface area contributed by atoms with E-state index in [2.05, 4.69) is 11.1 Å². The van der Waals surface area contributed by atoms with Crippen LogP contribution in [0.15, 0.2) is 42.6 Å². The van der Waals surface area contributed by atoms with Gasteiger partial charge in [-0.15, -0.1) is 0 Å². The van der Waals surface area contributed by atoms with Crippen molar-refractivity contribution in [2.75, 3.05) is 0 Å². The normalized spacial score (nSPS) is 10.9. The predicted octanol–water partition coefficient (Wildman–Crippen LogP) is 4.32. The summed E-state index contributed by atoms with van der Waals surface area (Å²) in [6, 6.07) is 12.1. The largest absolute Gasteiger partial charge is 0.360 e. The van der Waals surface area contributed by atoms with Gasteiger partial charge in [0.1, 0.15) is 0 Å². The Morgan fingerprint density at radius 1 is 0.900 bits per heavy atom. The van der Waals surface area contributed by atoms with Gasteiger partial charge in [-0.25, -0.2) is 0 Å². The highest BCUT2D eigenvalue weighted by molar-refractivity contribution is 6.17. The molecule has 1 aromatic heterocycles. The van der Waals surface area contributed by atoms with Crippen LogP contribution in [0.5, 0.6) is 0 Å².